The lowest BCUT2D eigenvalue weighted by Gasteiger charge is -2.24. The maximum atomic E-state index is 4.85. The predicted octanol–water partition coefficient (Wildman–Crippen LogP) is 4.79. The zero-order valence-corrected chi connectivity index (χ0v) is 14.9. The zero-order valence-electron chi connectivity index (χ0n) is 14.1. The summed E-state index contributed by atoms with van der Waals surface area (Å²) in [7, 11) is 0. The molecule has 116 valence electrons. The Labute approximate surface area is 129 Å². The normalized spacial score (nSPS) is 15.3. The maximum Gasteiger partial charge on any atom is 0.0944 e. The SMILES string of the molecule is CCCNC(Cc1nc(C(C)(C)C)cs1)C(C)CCC. The fourth-order valence-corrected chi connectivity index (χ4v) is 3.48. The number of hydrogen-bond acceptors (Lipinski definition) is 3. The van der Waals surface area contributed by atoms with E-state index in [1.165, 1.54) is 30.0 Å². The summed E-state index contributed by atoms with van der Waals surface area (Å²) in [6.07, 6.45) is 4.82. The highest BCUT2D eigenvalue weighted by Gasteiger charge is 2.21. The summed E-state index contributed by atoms with van der Waals surface area (Å²) in [6, 6.07) is 0.564. The van der Waals surface area contributed by atoms with Crippen LogP contribution in [0.1, 0.15) is 71.5 Å². The molecule has 0 amide bonds. The van der Waals surface area contributed by atoms with Gasteiger partial charge in [0.15, 0.2) is 0 Å². The summed E-state index contributed by atoms with van der Waals surface area (Å²) in [5, 5.41) is 7.23. The van der Waals surface area contributed by atoms with E-state index in [9.17, 15) is 0 Å². The first-order chi connectivity index (χ1) is 9.38. The molecule has 0 saturated carbocycles. The second kappa shape index (κ2) is 8.14. The van der Waals surface area contributed by atoms with Gasteiger partial charge in [0, 0.05) is 23.3 Å². The minimum Gasteiger partial charge on any atom is -0.313 e. The van der Waals surface area contributed by atoms with Crippen LogP contribution in [0.15, 0.2) is 5.38 Å². The molecule has 0 aliphatic rings. The highest BCUT2D eigenvalue weighted by atomic mass is 32.1. The van der Waals surface area contributed by atoms with Crippen molar-refractivity contribution in [2.24, 2.45) is 5.92 Å². The van der Waals surface area contributed by atoms with Crippen molar-refractivity contribution in [3.8, 4) is 0 Å². The van der Waals surface area contributed by atoms with E-state index in [1.54, 1.807) is 0 Å². The first kappa shape index (κ1) is 17.6. The molecule has 3 heteroatoms. The Hall–Kier alpha value is -0.410. The van der Waals surface area contributed by atoms with Crippen molar-refractivity contribution < 1.29 is 0 Å². The van der Waals surface area contributed by atoms with Gasteiger partial charge in [0.05, 0.1) is 10.7 Å². The van der Waals surface area contributed by atoms with Crippen LogP contribution >= 0.6 is 11.3 Å². The van der Waals surface area contributed by atoms with Gasteiger partial charge in [-0.25, -0.2) is 4.98 Å². The predicted molar refractivity (Wildman–Crippen MR) is 90.7 cm³/mol. The van der Waals surface area contributed by atoms with Crippen molar-refractivity contribution in [1.82, 2.24) is 10.3 Å². The molecule has 0 aliphatic carbocycles. The van der Waals surface area contributed by atoms with Gasteiger partial charge in [-0.3, -0.25) is 0 Å². The van der Waals surface area contributed by atoms with Crippen LogP contribution in [0.3, 0.4) is 0 Å². The van der Waals surface area contributed by atoms with Crippen molar-refractivity contribution in [2.75, 3.05) is 6.54 Å². The lowest BCUT2D eigenvalue weighted by molar-refractivity contribution is 0.352. The molecule has 0 fully saturated rings. The number of aromatic nitrogens is 1. The minimum atomic E-state index is 0.163. The molecule has 1 N–H and O–H groups in total. The molecule has 0 aromatic carbocycles. The van der Waals surface area contributed by atoms with E-state index in [4.69, 9.17) is 4.98 Å². The molecule has 1 aromatic rings. The smallest absolute Gasteiger partial charge is 0.0944 e. The van der Waals surface area contributed by atoms with E-state index in [0.29, 0.717) is 12.0 Å². The van der Waals surface area contributed by atoms with Gasteiger partial charge in [-0.1, -0.05) is 48.0 Å². The third-order valence-corrected chi connectivity index (χ3v) is 4.67. The molecule has 1 heterocycles. The Morgan fingerprint density at radius 1 is 1.25 bits per heavy atom. The molecule has 1 aromatic heterocycles. The van der Waals surface area contributed by atoms with Gasteiger partial charge in [-0.15, -0.1) is 11.3 Å². The lowest BCUT2D eigenvalue weighted by Crippen LogP contribution is -2.37. The van der Waals surface area contributed by atoms with Gasteiger partial charge in [0.2, 0.25) is 0 Å². The lowest BCUT2D eigenvalue weighted by atomic mass is 9.93. The molecule has 0 saturated heterocycles. The summed E-state index contributed by atoms with van der Waals surface area (Å²) >= 11 is 1.82. The topological polar surface area (TPSA) is 24.9 Å². The van der Waals surface area contributed by atoms with Gasteiger partial charge in [-0.2, -0.15) is 0 Å². The van der Waals surface area contributed by atoms with E-state index in [1.807, 2.05) is 11.3 Å². The van der Waals surface area contributed by atoms with Crippen molar-refractivity contribution in [2.45, 2.75) is 78.7 Å². The second-order valence-electron chi connectivity index (χ2n) is 6.91. The van der Waals surface area contributed by atoms with Crippen LogP contribution < -0.4 is 5.32 Å². The summed E-state index contributed by atoms with van der Waals surface area (Å²) in [6.45, 7) is 14.7. The Morgan fingerprint density at radius 3 is 2.45 bits per heavy atom. The molecule has 0 aliphatic heterocycles. The summed E-state index contributed by atoms with van der Waals surface area (Å²) < 4.78 is 0. The van der Waals surface area contributed by atoms with Crippen molar-refractivity contribution >= 4 is 11.3 Å². The van der Waals surface area contributed by atoms with Crippen molar-refractivity contribution in [3.05, 3.63) is 16.1 Å². The van der Waals surface area contributed by atoms with E-state index in [2.05, 4.69) is 52.2 Å². The third-order valence-electron chi connectivity index (χ3n) is 3.80. The average molecular weight is 297 g/mol. The fourth-order valence-electron chi connectivity index (χ4n) is 2.40. The van der Waals surface area contributed by atoms with Crippen LogP contribution in [-0.4, -0.2) is 17.6 Å². The Morgan fingerprint density at radius 2 is 1.95 bits per heavy atom. The summed E-state index contributed by atoms with van der Waals surface area (Å²) in [5.74, 6) is 0.716. The highest BCUT2D eigenvalue weighted by Crippen LogP contribution is 2.25. The van der Waals surface area contributed by atoms with E-state index < -0.39 is 0 Å². The molecular formula is C17H32N2S. The van der Waals surface area contributed by atoms with Crippen molar-refractivity contribution in [1.29, 1.82) is 0 Å². The van der Waals surface area contributed by atoms with Gasteiger partial charge in [0.1, 0.15) is 0 Å². The number of nitrogens with zero attached hydrogens (tertiary/aromatic N) is 1. The first-order valence-electron chi connectivity index (χ1n) is 8.06. The number of hydrogen-bond donors (Lipinski definition) is 1. The van der Waals surface area contributed by atoms with E-state index in [-0.39, 0.29) is 5.41 Å². The molecule has 0 bridgehead atoms. The van der Waals surface area contributed by atoms with Gasteiger partial charge in [-0.05, 0) is 25.3 Å². The molecule has 2 atom stereocenters. The quantitative estimate of drug-likeness (QED) is 0.746. The van der Waals surface area contributed by atoms with Crippen LogP contribution in [-0.2, 0) is 11.8 Å². The van der Waals surface area contributed by atoms with Gasteiger partial charge >= 0.3 is 0 Å². The van der Waals surface area contributed by atoms with E-state index in [0.717, 1.165) is 13.0 Å². The Bertz CT molecular complexity index is 379. The fraction of sp³-hybridized carbons (Fsp3) is 0.824. The van der Waals surface area contributed by atoms with E-state index >= 15 is 0 Å². The molecule has 2 nitrogen and oxygen atoms in total. The minimum absolute atomic E-state index is 0.163. The first-order valence-corrected chi connectivity index (χ1v) is 8.94. The number of nitrogens with one attached hydrogen (secondary N) is 1. The van der Waals surface area contributed by atoms with Crippen LogP contribution in [0.25, 0.3) is 0 Å². The monoisotopic (exact) mass is 296 g/mol. The molecule has 0 spiro atoms. The Kier molecular flexibility index (Phi) is 7.18. The summed E-state index contributed by atoms with van der Waals surface area (Å²) in [4.78, 5) is 4.85. The molecule has 2 unspecified atom stereocenters. The summed E-state index contributed by atoms with van der Waals surface area (Å²) in [5.41, 5.74) is 1.39. The maximum absolute atomic E-state index is 4.85. The molecule has 20 heavy (non-hydrogen) atoms. The Balaban J connectivity index is 2.70. The number of rotatable bonds is 8. The average Bonchev–Trinajstić information content (AvgIpc) is 2.83. The number of thiazole rings is 1. The van der Waals surface area contributed by atoms with Crippen molar-refractivity contribution in [3.63, 3.8) is 0 Å². The standard InChI is InChI=1S/C17H32N2S/c1-7-9-13(3)14(18-10-8-2)11-16-19-15(12-20-16)17(4,5)6/h12-14,18H,7-11H2,1-6H3. The molecular weight excluding hydrogens is 264 g/mol. The van der Waals surface area contributed by atoms with Gasteiger partial charge in [0.25, 0.3) is 0 Å². The highest BCUT2D eigenvalue weighted by molar-refractivity contribution is 7.09. The van der Waals surface area contributed by atoms with Crippen LogP contribution in [0.5, 0.6) is 0 Å². The third kappa shape index (κ3) is 5.53. The second-order valence-corrected chi connectivity index (χ2v) is 7.85. The zero-order chi connectivity index (χ0) is 15.2. The van der Waals surface area contributed by atoms with Crippen LogP contribution in [0, 0.1) is 5.92 Å². The molecule has 0 radical (unpaired) electrons. The largest absolute Gasteiger partial charge is 0.313 e. The van der Waals surface area contributed by atoms with Crippen LogP contribution in [0.4, 0.5) is 0 Å². The molecule has 1 rings (SSSR count). The van der Waals surface area contributed by atoms with Gasteiger partial charge < -0.3 is 5.32 Å². The van der Waals surface area contributed by atoms with Crippen LogP contribution in [0.2, 0.25) is 0 Å².